The van der Waals surface area contributed by atoms with Crippen LogP contribution in [0.15, 0.2) is 23.1 Å². The Morgan fingerprint density at radius 1 is 1.38 bits per heavy atom. The van der Waals surface area contributed by atoms with Crippen molar-refractivity contribution >= 4 is 0 Å². The van der Waals surface area contributed by atoms with Crippen LogP contribution in [0.5, 0.6) is 5.75 Å². The molecule has 0 aliphatic heterocycles. The van der Waals surface area contributed by atoms with Crippen molar-refractivity contribution in [2.45, 2.75) is 58.0 Å². The molecular formula is C17H27NO3. The van der Waals surface area contributed by atoms with Crippen molar-refractivity contribution in [3.8, 4) is 5.75 Å². The summed E-state index contributed by atoms with van der Waals surface area (Å²) in [4.78, 5) is 13.7. The Labute approximate surface area is 126 Å². The number of hydrogen-bond donors (Lipinski definition) is 2. The maximum Gasteiger partial charge on any atom is 0.248 e. The van der Waals surface area contributed by atoms with Gasteiger partial charge in [0.05, 0.1) is 12.2 Å². The van der Waals surface area contributed by atoms with E-state index in [1.807, 2.05) is 6.92 Å². The first-order valence-electron chi connectivity index (χ1n) is 8.07. The molecule has 1 heterocycles. The lowest BCUT2D eigenvalue weighted by Gasteiger charge is -2.41. The van der Waals surface area contributed by atoms with Crippen molar-refractivity contribution in [1.82, 2.24) is 4.98 Å². The average Bonchev–Trinajstić information content (AvgIpc) is 2.47. The van der Waals surface area contributed by atoms with Gasteiger partial charge in [-0.3, -0.25) is 4.79 Å². The second-order valence-electron chi connectivity index (χ2n) is 6.46. The minimum absolute atomic E-state index is 0.122. The van der Waals surface area contributed by atoms with Gasteiger partial charge in [-0.15, -0.1) is 0 Å². The fourth-order valence-electron chi connectivity index (χ4n) is 3.61. The largest absolute Gasteiger partial charge is 0.492 e. The number of aromatic amines is 1. The third-order valence-corrected chi connectivity index (χ3v) is 4.68. The van der Waals surface area contributed by atoms with Crippen molar-refractivity contribution in [2.75, 3.05) is 6.61 Å². The van der Waals surface area contributed by atoms with Crippen molar-refractivity contribution in [3.05, 3.63) is 28.7 Å². The Balaban J connectivity index is 1.98. The van der Waals surface area contributed by atoms with Crippen LogP contribution in [0.4, 0.5) is 0 Å². The highest BCUT2D eigenvalue weighted by Crippen LogP contribution is 2.39. The standard InChI is InChI=1S/C17H27NO3/c1-3-10-17(2,20)15-7-5-4-6-13(15)12-21-14-8-9-16(19)18-11-14/h8-9,11,13,15,20H,3-7,10,12H2,1-2H3,(H,18,19). The van der Waals surface area contributed by atoms with E-state index in [1.165, 1.54) is 18.9 Å². The summed E-state index contributed by atoms with van der Waals surface area (Å²) < 4.78 is 5.82. The molecule has 0 radical (unpaired) electrons. The first-order chi connectivity index (χ1) is 10.0. The van der Waals surface area contributed by atoms with Crippen molar-refractivity contribution in [2.24, 2.45) is 11.8 Å². The van der Waals surface area contributed by atoms with Crippen LogP contribution in [0.2, 0.25) is 0 Å². The lowest BCUT2D eigenvalue weighted by Crippen LogP contribution is -2.42. The second-order valence-corrected chi connectivity index (χ2v) is 6.46. The van der Waals surface area contributed by atoms with Crippen molar-refractivity contribution in [3.63, 3.8) is 0 Å². The zero-order chi connectivity index (χ0) is 15.3. The maximum atomic E-state index is 11.0. The van der Waals surface area contributed by atoms with E-state index >= 15 is 0 Å². The normalized spacial score (nSPS) is 25.3. The lowest BCUT2D eigenvalue weighted by atomic mass is 9.69. The molecule has 1 saturated carbocycles. The molecule has 4 nitrogen and oxygen atoms in total. The minimum atomic E-state index is -0.603. The van der Waals surface area contributed by atoms with Crippen molar-refractivity contribution < 1.29 is 9.84 Å². The fourth-order valence-corrected chi connectivity index (χ4v) is 3.61. The molecule has 1 aromatic rings. The molecule has 2 N–H and O–H groups in total. The van der Waals surface area contributed by atoms with Crippen LogP contribution in [-0.2, 0) is 0 Å². The molecule has 21 heavy (non-hydrogen) atoms. The van der Waals surface area contributed by atoms with E-state index in [1.54, 1.807) is 12.3 Å². The van der Waals surface area contributed by atoms with E-state index < -0.39 is 5.60 Å². The highest BCUT2D eigenvalue weighted by Gasteiger charge is 2.38. The van der Waals surface area contributed by atoms with Gasteiger partial charge < -0.3 is 14.8 Å². The lowest BCUT2D eigenvalue weighted by molar-refractivity contribution is -0.0578. The molecule has 0 amide bonds. The molecule has 0 saturated heterocycles. The van der Waals surface area contributed by atoms with E-state index in [9.17, 15) is 9.90 Å². The molecule has 3 unspecified atom stereocenters. The maximum absolute atomic E-state index is 11.0. The van der Waals surface area contributed by atoms with E-state index in [4.69, 9.17) is 4.74 Å². The average molecular weight is 293 g/mol. The Morgan fingerprint density at radius 3 is 2.81 bits per heavy atom. The van der Waals surface area contributed by atoms with Gasteiger partial charge in [0.25, 0.3) is 0 Å². The van der Waals surface area contributed by atoms with Crippen LogP contribution in [0.3, 0.4) is 0 Å². The van der Waals surface area contributed by atoms with Crippen LogP contribution in [-0.4, -0.2) is 22.3 Å². The van der Waals surface area contributed by atoms with Crippen LogP contribution in [0.1, 0.15) is 52.4 Å². The molecule has 0 bridgehead atoms. The van der Waals surface area contributed by atoms with E-state index in [-0.39, 0.29) is 5.56 Å². The summed E-state index contributed by atoms with van der Waals surface area (Å²) in [6.45, 7) is 4.69. The van der Waals surface area contributed by atoms with Crippen LogP contribution < -0.4 is 10.3 Å². The molecule has 0 aromatic carbocycles. The van der Waals surface area contributed by atoms with Crippen LogP contribution in [0, 0.1) is 11.8 Å². The van der Waals surface area contributed by atoms with E-state index in [0.717, 1.165) is 25.7 Å². The zero-order valence-corrected chi connectivity index (χ0v) is 13.1. The molecule has 3 atom stereocenters. The molecule has 1 aliphatic carbocycles. The minimum Gasteiger partial charge on any atom is -0.492 e. The van der Waals surface area contributed by atoms with Gasteiger partial charge in [0.15, 0.2) is 0 Å². The predicted octanol–water partition coefficient (Wildman–Crippen LogP) is 3.11. The van der Waals surface area contributed by atoms with Crippen LogP contribution >= 0.6 is 0 Å². The Hall–Kier alpha value is -1.29. The summed E-state index contributed by atoms with van der Waals surface area (Å²) >= 11 is 0. The summed E-state index contributed by atoms with van der Waals surface area (Å²) in [5.74, 6) is 1.37. The van der Waals surface area contributed by atoms with Crippen LogP contribution in [0.25, 0.3) is 0 Å². The predicted molar refractivity (Wildman–Crippen MR) is 83.5 cm³/mol. The number of pyridine rings is 1. The van der Waals surface area contributed by atoms with Gasteiger partial charge in [-0.1, -0.05) is 26.2 Å². The van der Waals surface area contributed by atoms with Gasteiger partial charge in [-0.25, -0.2) is 0 Å². The third-order valence-electron chi connectivity index (χ3n) is 4.68. The second kappa shape index (κ2) is 7.12. The Morgan fingerprint density at radius 2 is 2.14 bits per heavy atom. The first-order valence-corrected chi connectivity index (χ1v) is 8.07. The van der Waals surface area contributed by atoms with E-state index in [2.05, 4.69) is 11.9 Å². The molecule has 1 aromatic heterocycles. The molecular weight excluding hydrogens is 266 g/mol. The molecule has 2 rings (SSSR count). The highest BCUT2D eigenvalue weighted by atomic mass is 16.5. The monoisotopic (exact) mass is 293 g/mol. The Bertz CT molecular complexity index is 475. The van der Waals surface area contributed by atoms with Crippen molar-refractivity contribution in [1.29, 1.82) is 0 Å². The first kappa shape index (κ1) is 16.1. The third kappa shape index (κ3) is 4.34. The van der Waals surface area contributed by atoms with Gasteiger partial charge in [0, 0.05) is 12.3 Å². The quantitative estimate of drug-likeness (QED) is 0.847. The summed E-state index contributed by atoms with van der Waals surface area (Å²) in [7, 11) is 0. The van der Waals surface area contributed by atoms with Gasteiger partial charge in [0.1, 0.15) is 5.75 Å². The highest BCUT2D eigenvalue weighted by molar-refractivity contribution is 5.15. The van der Waals surface area contributed by atoms with Gasteiger partial charge >= 0.3 is 0 Å². The molecule has 1 aliphatic rings. The number of aliphatic hydroxyl groups is 1. The SMILES string of the molecule is CCCC(C)(O)C1CCCCC1COc1ccc(=O)[nH]c1. The van der Waals surface area contributed by atoms with Gasteiger partial charge in [-0.2, -0.15) is 0 Å². The number of ether oxygens (including phenoxy) is 1. The molecule has 0 spiro atoms. The summed E-state index contributed by atoms with van der Waals surface area (Å²) in [6.07, 6.45) is 8.02. The number of aromatic nitrogens is 1. The van der Waals surface area contributed by atoms with Gasteiger partial charge in [-0.05, 0) is 44.1 Å². The number of H-pyrrole nitrogens is 1. The van der Waals surface area contributed by atoms with E-state index in [0.29, 0.717) is 24.2 Å². The number of rotatable bonds is 6. The van der Waals surface area contributed by atoms with Gasteiger partial charge in [0.2, 0.25) is 5.56 Å². The summed E-state index contributed by atoms with van der Waals surface area (Å²) in [6, 6.07) is 3.17. The number of nitrogens with one attached hydrogen (secondary N) is 1. The zero-order valence-electron chi connectivity index (χ0n) is 13.1. The number of hydrogen-bond acceptors (Lipinski definition) is 3. The summed E-state index contributed by atoms with van der Waals surface area (Å²) in [5, 5.41) is 10.7. The molecule has 1 fully saturated rings. The fraction of sp³-hybridized carbons (Fsp3) is 0.706. The Kier molecular flexibility index (Phi) is 5.45. The smallest absolute Gasteiger partial charge is 0.248 e. The topological polar surface area (TPSA) is 62.3 Å². The molecule has 118 valence electrons. The molecule has 4 heteroatoms. The summed E-state index contributed by atoms with van der Waals surface area (Å²) in [5.41, 5.74) is -0.724.